The monoisotopic (exact) mass is 937 g/mol. The lowest BCUT2D eigenvalue weighted by atomic mass is 9.77. The number of carbonyl (C=O) groups is 2. The summed E-state index contributed by atoms with van der Waals surface area (Å²) in [6.07, 6.45) is -2.63. The van der Waals surface area contributed by atoms with Crippen molar-refractivity contribution in [2.24, 2.45) is 5.16 Å². The lowest BCUT2D eigenvalue weighted by Crippen LogP contribution is -2.38. The maximum atomic E-state index is 14.8. The molecule has 0 bridgehead atoms. The van der Waals surface area contributed by atoms with Crippen molar-refractivity contribution in [2.45, 2.75) is 17.7 Å². The number of carboxylic acids is 1. The van der Waals surface area contributed by atoms with Crippen LogP contribution in [0.3, 0.4) is 0 Å². The number of oxime groups is 1. The first-order valence-corrected chi connectivity index (χ1v) is 22.5. The number of para-hydroxylation sites is 1. The summed E-state index contributed by atoms with van der Waals surface area (Å²) in [7, 11) is 3.10. The van der Waals surface area contributed by atoms with Crippen molar-refractivity contribution in [1.29, 1.82) is 0 Å². The summed E-state index contributed by atoms with van der Waals surface area (Å²) < 4.78 is 39.9. The third-order valence-electron chi connectivity index (χ3n) is 10.5. The highest BCUT2D eigenvalue weighted by Crippen LogP contribution is 2.42. The Morgan fingerprint density at radius 1 is 0.647 bits per heavy atom. The number of thiazole rings is 1. The van der Waals surface area contributed by atoms with E-state index in [1.54, 1.807) is 37.8 Å². The molecule has 68 heavy (non-hydrogen) atoms. The van der Waals surface area contributed by atoms with Gasteiger partial charge < -0.3 is 48.4 Å². The third-order valence-corrected chi connectivity index (χ3v) is 11.3. The Morgan fingerprint density at radius 3 is 1.65 bits per heavy atom. The van der Waals surface area contributed by atoms with Gasteiger partial charge in [0.25, 0.3) is 6.10 Å². The molecule has 0 amide bonds. The molecular weight excluding hydrogens is 887 g/mol. The topological polar surface area (TPSA) is 165 Å². The van der Waals surface area contributed by atoms with Crippen LogP contribution in [0.1, 0.15) is 51.3 Å². The molecule has 0 aliphatic carbocycles. The van der Waals surface area contributed by atoms with E-state index in [1.165, 1.54) is 11.3 Å². The number of anilines is 1. The molecule has 0 aliphatic rings. The van der Waals surface area contributed by atoms with Crippen LogP contribution in [0.25, 0.3) is 0 Å². The average molecular weight is 938 g/mol. The predicted molar refractivity (Wildman–Crippen MR) is 257 cm³/mol. The third kappa shape index (κ3) is 12.3. The molecule has 0 radical (unpaired) electrons. The molecule has 7 rings (SSSR count). The molecule has 7 aromatic rings. The number of hydrogen-bond donors (Lipinski definition) is 2. The minimum atomic E-state index is -1.73. The van der Waals surface area contributed by atoms with E-state index >= 15 is 0 Å². The molecule has 0 saturated heterocycles. The van der Waals surface area contributed by atoms with Crippen molar-refractivity contribution in [3.63, 3.8) is 0 Å². The molecule has 0 fully saturated rings. The molecule has 1 atom stereocenters. The second-order valence-corrected chi connectivity index (χ2v) is 15.7. The van der Waals surface area contributed by atoms with E-state index in [9.17, 15) is 14.7 Å². The average Bonchev–Trinajstić information content (AvgIpc) is 3.85. The summed E-state index contributed by atoms with van der Waals surface area (Å²) in [6, 6.07) is 52.9. The number of ether oxygens (including phenoxy) is 7. The SMILES string of the molecule is COCCOCOc1cccc(C(ON=C(C(=O)O)c2csc(NC(c3ccccc3)(c3ccccc3)c3ccccc3)n2)C(=O)OC(c2ccccc2)c2ccccc2)c1OCOCCOC. The summed E-state index contributed by atoms with van der Waals surface area (Å²) in [4.78, 5) is 38.9. The first kappa shape index (κ1) is 48.5. The number of carboxylic acid groups (broad SMARTS) is 1. The minimum Gasteiger partial charge on any atom is -0.476 e. The highest BCUT2D eigenvalue weighted by atomic mass is 32.1. The second-order valence-electron chi connectivity index (χ2n) is 14.9. The first-order valence-electron chi connectivity index (χ1n) is 21.6. The number of carbonyl (C=O) groups excluding carboxylic acids is 1. The molecule has 1 heterocycles. The zero-order chi connectivity index (χ0) is 47.4. The molecule has 1 aromatic heterocycles. The number of nitrogens with zero attached hydrogens (tertiary/aromatic N) is 2. The summed E-state index contributed by atoms with van der Waals surface area (Å²) >= 11 is 1.19. The zero-order valence-corrected chi connectivity index (χ0v) is 38.3. The number of nitrogens with one attached hydrogen (secondary N) is 1. The lowest BCUT2D eigenvalue weighted by Gasteiger charge is -2.36. The first-order chi connectivity index (χ1) is 33.4. The summed E-state index contributed by atoms with van der Waals surface area (Å²) in [5.41, 5.74) is 2.64. The van der Waals surface area contributed by atoms with Gasteiger partial charge in [0.05, 0.1) is 32.0 Å². The van der Waals surface area contributed by atoms with Crippen LogP contribution in [0.15, 0.2) is 180 Å². The number of methoxy groups -OCH3 is 2. The quantitative estimate of drug-likeness (QED) is 0.0132. The van der Waals surface area contributed by atoms with E-state index in [1.807, 2.05) is 152 Å². The van der Waals surface area contributed by atoms with Crippen molar-refractivity contribution in [3.05, 3.63) is 214 Å². The second kappa shape index (κ2) is 24.9. The van der Waals surface area contributed by atoms with Gasteiger partial charge >= 0.3 is 11.9 Å². The fourth-order valence-electron chi connectivity index (χ4n) is 7.29. The van der Waals surface area contributed by atoms with E-state index in [4.69, 9.17) is 43.0 Å². The molecule has 1 unspecified atom stereocenters. The minimum absolute atomic E-state index is 0.0278. The summed E-state index contributed by atoms with van der Waals surface area (Å²) in [5.74, 6) is -2.19. The molecule has 2 N–H and O–H groups in total. The van der Waals surface area contributed by atoms with Crippen LogP contribution in [0, 0.1) is 0 Å². The van der Waals surface area contributed by atoms with Crippen LogP contribution in [0.2, 0.25) is 0 Å². The van der Waals surface area contributed by atoms with Crippen LogP contribution in [0.4, 0.5) is 5.13 Å². The number of benzene rings is 6. The van der Waals surface area contributed by atoms with Gasteiger partial charge in [-0.05, 0) is 33.9 Å². The smallest absolute Gasteiger partial charge is 0.360 e. The van der Waals surface area contributed by atoms with Gasteiger partial charge in [0, 0.05) is 19.6 Å². The van der Waals surface area contributed by atoms with Crippen molar-refractivity contribution >= 4 is 34.1 Å². The van der Waals surface area contributed by atoms with Gasteiger partial charge in [-0.2, -0.15) is 0 Å². The Balaban J connectivity index is 1.29. The number of rotatable bonds is 26. The molecule has 0 saturated carbocycles. The molecule has 0 aliphatic heterocycles. The van der Waals surface area contributed by atoms with Gasteiger partial charge in [0.1, 0.15) is 11.2 Å². The Kier molecular flexibility index (Phi) is 17.8. The zero-order valence-electron chi connectivity index (χ0n) is 37.5. The molecule has 350 valence electrons. The van der Waals surface area contributed by atoms with E-state index in [0.717, 1.165) is 16.7 Å². The highest BCUT2D eigenvalue weighted by Gasteiger charge is 2.38. The van der Waals surface area contributed by atoms with Crippen molar-refractivity contribution in [1.82, 2.24) is 4.98 Å². The van der Waals surface area contributed by atoms with Gasteiger partial charge in [-0.15, -0.1) is 11.3 Å². The van der Waals surface area contributed by atoms with Gasteiger partial charge in [0.2, 0.25) is 5.71 Å². The highest BCUT2D eigenvalue weighted by molar-refractivity contribution is 7.14. The number of aromatic nitrogens is 1. The predicted octanol–water partition coefficient (Wildman–Crippen LogP) is 9.43. The van der Waals surface area contributed by atoms with Gasteiger partial charge in [-0.3, -0.25) is 0 Å². The van der Waals surface area contributed by atoms with Crippen LogP contribution in [0.5, 0.6) is 11.5 Å². The van der Waals surface area contributed by atoms with Crippen LogP contribution in [-0.4, -0.2) is 82.0 Å². The fourth-order valence-corrected chi connectivity index (χ4v) is 8.04. The number of aliphatic carboxylic acids is 1. The Morgan fingerprint density at radius 2 is 1.15 bits per heavy atom. The maximum absolute atomic E-state index is 14.8. The van der Waals surface area contributed by atoms with E-state index < -0.39 is 35.4 Å². The van der Waals surface area contributed by atoms with E-state index in [0.29, 0.717) is 29.5 Å². The van der Waals surface area contributed by atoms with Crippen molar-refractivity contribution in [3.8, 4) is 11.5 Å². The van der Waals surface area contributed by atoms with Gasteiger partial charge in [0.15, 0.2) is 36.3 Å². The standard InChI is InChI=1S/C53H51N3O11S/c1-60-31-33-62-36-64-45-30-18-29-43(48(45)65-37-63-34-32-61-2)49(51(59)66-47(38-19-8-3-9-20-38)39-21-10-4-11-22-39)67-56-46(50(57)58)44-35-68-52(54-44)55-53(40-23-12-5-13-24-40,41-25-14-6-15-26-41)42-27-16-7-17-28-42/h3-30,35,47,49H,31-34,36-37H2,1-2H3,(H,54,55)(H,57,58). The molecule has 15 heteroatoms. The van der Waals surface area contributed by atoms with E-state index in [-0.39, 0.29) is 49.6 Å². The van der Waals surface area contributed by atoms with Crippen molar-refractivity contribution in [2.75, 3.05) is 59.5 Å². The Bertz CT molecular complexity index is 2520. The normalized spacial score (nSPS) is 12.0. The van der Waals surface area contributed by atoms with Crippen LogP contribution >= 0.6 is 11.3 Å². The molecule has 0 spiro atoms. The number of hydrogen-bond acceptors (Lipinski definition) is 14. The van der Waals surface area contributed by atoms with Gasteiger partial charge in [-0.1, -0.05) is 169 Å². The summed E-state index contributed by atoms with van der Waals surface area (Å²) in [6.45, 7) is 0.598. The largest absolute Gasteiger partial charge is 0.476 e. The lowest BCUT2D eigenvalue weighted by molar-refractivity contribution is -0.162. The number of esters is 1. The summed E-state index contributed by atoms with van der Waals surface area (Å²) in [5, 5.41) is 20.5. The molecular formula is C53H51N3O11S. The van der Waals surface area contributed by atoms with E-state index in [2.05, 4.69) is 10.5 Å². The Hall–Kier alpha value is -7.40. The molecule has 14 nitrogen and oxygen atoms in total. The molecule has 6 aromatic carbocycles. The fraction of sp³-hybridized carbons (Fsp3) is 0.208. The van der Waals surface area contributed by atoms with Gasteiger partial charge in [-0.25, -0.2) is 14.6 Å². The van der Waals surface area contributed by atoms with Crippen molar-refractivity contribution < 1.29 is 52.7 Å². The van der Waals surface area contributed by atoms with Crippen LogP contribution in [-0.2, 0) is 43.6 Å². The van der Waals surface area contributed by atoms with Crippen LogP contribution < -0.4 is 14.8 Å². The Labute approximate surface area is 398 Å². The maximum Gasteiger partial charge on any atom is 0.360 e.